The van der Waals surface area contributed by atoms with Crippen molar-refractivity contribution in [1.82, 2.24) is 4.98 Å². The first kappa shape index (κ1) is 12.4. The highest BCUT2D eigenvalue weighted by atomic mass is 16.6. The molecule has 2 aromatic rings. The number of hydrogen-bond acceptors (Lipinski definition) is 4. The van der Waals surface area contributed by atoms with Gasteiger partial charge in [-0.3, -0.25) is 15.1 Å². The van der Waals surface area contributed by atoms with Crippen LogP contribution in [0.2, 0.25) is 0 Å². The molecule has 0 saturated heterocycles. The van der Waals surface area contributed by atoms with Crippen LogP contribution in [-0.4, -0.2) is 15.0 Å². The molecular formula is C13H14N2O3. The van der Waals surface area contributed by atoms with Crippen LogP contribution in [-0.2, 0) is 13.0 Å². The second-order valence-corrected chi connectivity index (χ2v) is 4.12. The van der Waals surface area contributed by atoms with Crippen LogP contribution in [0.5, 0.6) is 0 Å². The number of aryl methyl sites for hydroxylation is 2. The molecule has 0 saturated carbocycles. The molecule has 0 aliphatic carbocycles. The van der Waals surface area contributed by atoms with Crippen LogP contribution in [0.1, 0.15) is 23.7 Å². The van der Waals surface area contributed by atoms with Gasteiger partial charge >= 0.3 is 0 Å². The zero-order valence-corrected chi connectivity index (χ0v) is 10.3. The van der Waals surface area contributed by atoms with Crippen LogP contribution < -0.4 is 0 Å². The minimum Gasteiger partial charge on any atom is -0.392 e. The maximum absolute atomic E-state index is 10.8. The van der Waals surface area contributed by atoms with Crippen LogP contribution in [0.15, 0.2) is 18.2 Å². The van der Waals surface area contributed by atoms with Gasteiger partial charge in [-0.25, -0.2) is 0 Å². The number of non-ortho nitro benzene ring substituents is 1. The standard InChI is InChI=1S/C13H14N2O3/c1-3-10-11-6-9(15(17)18)4-5-13(11)14-8(2)12(10)7-16/h4-6,16H,3,7H2,1-2H3. The summed E-state index contributed by atoms with van der Waals surface area (Å²) < 4.78 is 0. The van der Waals surface area contributed by atoms with E-state index in [1.54, 1.807) is 6.07 Å². The average Bonchev–Trinajstić information content (AvgIpc) is 2.36. The maximum atomic E-state index is 10.8. The number of nitro benzene ring substituents is 1. The van der Waals surface area contributed by atoms with Gasteiger partial charge in [0, 0.05) is 28.8 Å². The number of rotatable bonds is 3. The van der Waals surface area contributed by atoms with Crippen molar-refractivity contribution in [3.8, 4) is 0 Å². The zero-order chi connectivity index (χ0) is 13.3. The Hall–Kier alpha value is -2.01. The monoisotopic (exact) mass is 246 g/mol. The molecule has 0 spiro atoms. The van der Waals surface area contributed by atoms with E-state index in [9.17, 15) is 15.2 Å². The zero-order valence-electron chi connectivity index (χ0n) is 10.3. The van der Waals surface area contributed by atoms with Gasteiger partial charge in [0.2, 0.25) is 0 Å². The summed E-state index contributed by atoms with van der Waals surface area (Å²) in [5.74, 6) is 0. The fourth-order valence-electron chi connectivity index (χ4n) is 2.22. The van der Waals surface area contributed by atoms with E-state index in [2.05, 4.69) is 4.98 Å². The Balaban J connectivity index is 2.82. The van der Waals surface area contributed by atoms with E-state index in [-0.39, 0.29) is 12.3 Å². The number of hydrogen-bond donors (Lipinski definition) is 1. The molecule has 94 valence electrons. The Labute approximate surface area is 104 Å². The van der Waals surface area contributed by atoms with Gasteiger partial charge in [-0.15, -0.1) is 0 Å². The smallest absolute Gasteiger partial charge is 0.270 e. The lowest BCUT2D eigenvalue weighted by atomic mass is 9.99. The highest BCUT2D eigenvalue weighted by molar-refractivity contribution is 5.85. The largest absolute Gasteiger partial charge is 0.392 e. The first-order chi connectivity index (χ1) is 8.58. The maximum Gasteiger partial charge on any atom is 0.270 e. The third kappa shape index (κ3) is 1.93. The summed E-state index contributed by atoms with van der Waals surface area (Å²) in [4.78, 5) is 14.8. The van der Waals surface area contributed by atoms with Gasteiger partial charge in [0.1, 0.15) is 0 Å². The van der Waals surface area contributed by atoms with Crippen LogP contribution >= 0.6 is 0 Å². The fraction of sp³-hybridized carbons (Fsp3) is 0.308. The Morgan fingerprint density at radius 3 is 2.67 bits per heavy atom. The van der Waals surface area contributed by atoms with Crippen LogP contribution in [0, 0.1) is 17.0 Å². The SMILES string of the molecule is CCc1c(CO)c(C)nc2ccc([N+](=O)[O-])cc12. The summed E-state index contributed by atoms with van der Waals surface area (Å²) in [5.41, 5.74) is 3.25. The molecule has 18 heavy (non-hydrogen) atoms. The van der Waals surface area contributed by atoms with E-state index in [1.165, 1.54) is 12.1 Å². The first-order valence-electron chi connectivity index (χ1n) is 5.75. The number of nitrogens with zero attached hydrogens (tertiary/aromatic N) is 2. The number of pyridine rings is 1. The fourth-order valence-corrected chi connectivity index (χ4v) is 2.22. The van der Waals surface area contributed by atoms with Gasteiger partial charge in [-0.2, -0.15) is 0 Å². The van der Waals surface area contributed by atoms with Crippen molar-refractivity contribution in [2.45, 2.75) is 26.9 Å². The third-order valence-electron chi connectivity index (χ3n) is 3.12. The van der Waals surface area contributed by atoms with Crippen molar-refractivity contribution in [2.24, 2.45) is 0 Å². The summed E-state index contributed by atoms with van der Waals surface area (Å²) >= 11 is 0. The molecule has 5 nitrogen and oxygen atoms in total. The minimum atomic E-state index is -0.419. The Morgan fingerprint density at radius 2 is 2.11 bits per heavy atom. The molecular weight excluding hydrogens is 232 g/mol. The Bertz CT molecular complexity index is 623. The van der Waals surface area contributed by atoms with Crippen molar-refractivity contribution in [3.05, 3.63) is 45.1 Å². The molecule has 0 amide bonds. The molecule has 0 atom stereocenters. The Morgan fingerprint density at radius 1 is 1.39 bits per heavy atom. The third-order valence-corrected chi connectivity index (χ3v) is 3.12. The topological polar surface area (TPSA) is 76.3 Å². The predicted molar refractivity (Wildman–Crippen MR) is 68.4 cm³/mol. The van der Waals surface area contributed by atoms with E-state index >= 15 is 0 Å². The highest BCUT2D eigenvalue weighted by Gasteiger charge is 2.14. The molecule has 0 unspecified atom stereocenters. The van der Waals surface area contributed by atoms with Gasteiger partial charge in [-0.1, -0.05) is 6.92 Å². The van der Waals surface area contributed by atoms with E-state index in [0.29, 0.717) is 6.42 Å². The van der Waals surface area contributed by atoms with Crippen molar-refractivity contribution in [2.75, 3.05) is 0 Å². The van der Waals surface area contributed by atoms with Crippen molar-refractivity contribution in [3.63, 3.8) is 0 Å². The van der Waals surface area contributed by atoms with Gasteiger partial charge in [0.25, 0.3) is 5.69 Å². The normalized spacial score (nSPS) is 10.8. The number of aliphatic hydroxyl groups is 1. The molecule has 5 heteroatoms. The summed E-state index contributed by atoms with van der Waals surface area (Å²) in [6.45, 7) is 3.71. The van der Waals surface area contributed by atoms with Gasteiger partial charge < -0.3 is 5.11 Å². The molecule has 1 heterocycles. The van der Waals surface area contributed by atoms with E-state index < -0.39 is 4.92 Å². The predicted octanol–water partition coefficient (Wildman–Crippen LogP) is 2.51. The number of aromatic nitrogens is 1. The van der Waals surface area contributed by atoms with Crippen molar-refractivity contribution < 1.29 is 10.0 Å². The molecule has 2 rings (SSSR count). The molecule has 1 aromatic carbocycles. The molecule has 0 fully saturated rings. The van der Waals surface area contributed by atoms with Gasteiger partial charge in [-0.05, 0) is 25.0 Å². The van der Waals surface area contributed by atoms with Crippen LogP contribution in [0.3, 0.4) is 0 Å². The molecule has 0 aliphatic rings. The number of aliphatic hydroxyl groups excluding tert-OH is 1. The summed E-state index contributed by atoms with van der Waals surface area (Å²) in [6, 6.07) is 4.63. The van der Waals surface area contributed by atoms with Gasteiger partial charge in [0.15, 0.2) is 0 Å². The second kappa shape index (κ2) is 4.70. The minimum absolute atomic E-state index is 0.0479. The van der Waals surface area contributed by atoms with E-state index in [0.717, 1.165) is 27.7 Å². The average molecular weight is 246 g/mol. The van der Waals surface area contributed by atoms with Crippen molar-refractivity contribution in [1.29, 1.82) is 0 Å². The molecule has 1 N–H and O–H groups in total. The van der Waals surface area contributed by atoms with Crippen molar-refractivity contribution >= 4 is 16.6 Å². The molecule has 0 bridgehead atoms. The van der Waals surface area contributed by atoms with Crippen LogP contribution in [0.4, 0.5) is 5.69 Å². The highest BCUT2D eigenvalue weighted by Crippen LogP contribution is 2.27. The summed E-state index contributed by atoms with van der Waals surface area (Å²) in [7, 11) is 0. The summed E-state index contributed by atoms with van der Waals surface area (Å²) in [5, 5.41) is 20.9. The lowest BCUT2D eigenvalue weighted by Crippen LogP contribution is -2.01. The second-order valence-electron chi connectivity index (χ2n) is 4.12. The molecule has 1 aromatic heterocycles. The number of fused-ring (bicyclic) bond motifs is 1. The lowest BCUT2D eigenvalue weighted by Gasteiger charge is -2.12. The quantitative estimate of drug-likeness (QED) is 0.666. The molecule has 0 radical (unpaired) electrons. The number of benzene rings is 1. The first-order valence-corrected chi connectivity index (χ1v) is 5.75. The molecule has 0 aliphatic heterocycles. The lowest BCUT2D eigenvalue weighted by molar-refractivity contribution is -0.384. The summed E-state index contributed by atoms with van der Waals surface area (Å²) in [6.07, 6.45) is 0.705. The Kier molecular flexibility index (Phi) is 3.25. The van der Waals surface area contributed by atoms with E-state index in [1.807, 2.05) is 13.8 Å². The van der Waals surface area contributed by atoms with Gasteiger partial charge in [0.05, 0.1) is 17.0 Å². The van der Waals surface area contributed by atoms with E-state index in [4.69, 9.17) is 0 Å². The van der Waals surface area contributed by atoms with Crippen LogP contribution in [0.25, 0.3) is 10.9 Å². The number of nitro groups is 1.